The number of esters is 1. The molecule has 0 aliphatic rings. The molecule has 4 heteroatoms. The summed E-state index contributed by atoms with van der Waals surface area (Å²) in [6, 6.07) is 6.98. The van der Waals surface area contributed by atoms with E-state index in [0.717, 1.165) is 0 Å². The zero-order valence-corrected chi connectivity index (χ0v) is 13.8. The van der Waals surface area contributed by atoms with Gasteiger partial charge < -0.3 is 9.64 Å². The van der Waals surface area contributed by atoms with Gasteiger partial charge in [0.2, 0.25) is 5.91 Å². The summed E-state index contributed by atoms with van der Waals surface area (Å²) in [4.78, 5) is 25.8. The van der Waals surface area contributed by atoms with E-state index < -0.39 is 5.97 Å². The summed E-state index contributed by atoms with van der Waals surface area (Å²) in [5.41, 5.74) is 1.05. The Kier molecular flexibility index (Phi) is 5.53. The number of hydrogen-bond donors (Lipinski definition) is 0. The molecule has 0 N–H and O–H groups in total. The van der Waals surface area contributed by atoms with E-state index in [0.29, 0.717) is 17.7 Å². The molecule has 0 saturated heterocycles. The van der Waals surface area contributed by atoms with Crippen LogP contribution in [-0.2, 0) is 9.53 Å². The average Bonchev–Trinajstić information content (AvgIpc) is 2.44. The highest BCUT2D eigenvalue weighted by molar-refractivity contribution is 6.02. The van der Waals surface area contributed by atoms with Crippen molar-refractivity contribution in [2.45, 2.75) is 34.1 Å². The molecule has 0 aliphatic carbocycles. The molecule has 1 aromatic rings. The van der Waals surface area contributed by atoms with Gasteiger partial charge in [0.25, 0.3) is 0 Å². The van der Waals surface area contributed by atoms with E-state index in [9.17, 15) is 9.59 Å². The van der Waals surface area contributed by atoms with Crippen LogP contribution in [-0.4, -0.2) is 26.0 Å². The number of methoxy groups -OCH3 is 1. The highest BCUT2D eigenvalue weighted by atomic mass is 16.5. The lowest BCUT2D eigenvalue weighted by Gasteiger charge is -2.29. The number of amides is 1. The Morgan fingerprint density at radius 2 is 1.81 bits per heavy atom. The van der Waals surface area contributed by atoms with Gasteiger partial charge in [-0.3, -0.25) is 4.79 Å². The van der Waals surface area contributed by atoms with Crippen LogP contribution in [0.15, 0.2) is 24.3 Å². The first-order chi connectivity index (χ1) is 9.68. The second-order valence-corrected chi connectivity index (χ2v) is 6.43. The molecule has 1 amide bonds. The van der Waals surface area contributed by atoms with Gasteiger partial charge in [-0.05, 0) is 23.5 Å². The van der Waals surface area contributed by atoms with Crippen LogP contribution in [0, 0.1) is 11.3 Å². The molecule has 0 heterocycles. The number of nitrogens with zero attached hydrogens (tertiary/aromatic N) is 1. The maximum absolute atomic E-state index is 12.4. The Hall–Kier alpha value is -1.84. The van der Waals surface area contributed by atoms with Gasteiger partial charge in [-0.2, -0.15) is 0 Å². The van der Waals surface area contributed by atoms with Gasteiger partial charge >= 0.3 is 5.97 Å². The van der Waals surface area contributed by atoms with Crippen LogP contribution in [0.1, 0.15) is 44.5 Å². The molecule has 0 aromatic heterocycles. The van der Waals surface area contributed by atoms with Gasteiger partial charge in [0.15, 0.2) is 0 Å². The second kappa shape index (κ2) is 6.74. The van der Waals surface area contributed by atoms with E-state index in [1.54, 1.807) is 31.3 Å². The minimum absolute atomic E-state index is 0.00576. The number of benzene rings is 1. The summed E-state index contributed by atoms with van der Waals surface area (Å²) < 4.78 is 4.77. The quantitative estimate of drug-likeness (QED) is 0.798. The number of carbonyl (C=O) groups is 2. The van der Waals surface area contributed by atoms with E-state index in [1.807, 2.05) is 0 Å². The van der Waals surface area contributed by atoms with Crippen LogP contribution in [0.5, 0.6) is 0 Å². The molecule has 0 saturated carbocycles. The number of para-hydroxylation sites is 1. The fraction of sp³-hybridized carbons (Fsp3) is 0.529. The number of anilines is 1. The Bertz CT molecular complexity index is 517. The van der Waals surface area contributed by atoms with Crippen LogP contribution in [0.3, 0.4) is 0 Å². The van der Waals surface area contributed by atoms with Crippen molar-refractivity contribution in [1.29, 1.82) is 0 Å². The molecule has 0 aliphatic heterocycles. The lowest BCUT2D eigenvalue weighted by Crippen LogP contribution is -2.32. The molecule has 0 fully saturated rings. The maximum Gasteiger partial charge on any atom is 0.339 e. The first kappa shape index (κ1) is 17.2. The van der Waals surface area contributed by atoms with Crippen molar-refractivity contribution in [3.8, 4) is 0 Å². The third-order valence-electron chi connectivity index (χ3n) is 4.00. The summed E-state index contributed by atoms with van der Waals surface area (Å²) in [5.74, 6) is -0.194. The van der Waals surface area contributed by atoms with Crippen molar-refractivity contribution >= 4 is 17.6 Å². The smallest absolute Gasteiger partial charge is 0.339 e. The molecule has 4 nitrogen and oxygen atoms in total. The highest BCUT2D eigenvalue weighted by Crippen LogP contribution is 2.29. The summed E-state index contributed by atoms with van der Waals surface area (Å²) >= 11 is 0. The monoisotopic (exact) mass is 291 g/mol. The van der Waals surface area contributed by atoms with Gasteiger partial charge in [-0.1, -0.05) is 39.8 Å². The van der Waals surface area contributed by atoms with Crippen LogP contribution in [0.25, 0.3) is 0 Å². The molecule has 21 heavy (non-hydrogen) atoms. The van der Waals surface area contributed by atoms with Crippen molar-refractivity contribution in [3.63, 3.8) is 0 Å². The summed E-state index contributed by atoms with van der Waals surface area (Å²) in [6.45, 7) is 8.42. The summed E-state index contributed by atoms with van der Waals surface area (Å²) in [5, 5.41) is 0. The largest absolute Gasteiger partial charge is 0.465 e. The predicted octanol–water partition coefficient (Wildman–Crippen LogP) is 3.51. The Morgan fingerprint density at radius 3 is 2.33 bits per heavy atom. The molecule has 1 rings (SSSR count). The lowest BCUT2D eigenvalue weighted by molar-refractivity contribution is -0.119. The van der Waals surface area contributed by atoms with E-state index in [-0.39, 0.29) is 17.2 Å². The van der Waals surface area contributed by atoms with Crippen LogP contribution < -0.4 is 4.90 Å². The van der Waals surface area contributed by atoms with Crippen molar-refractivity contribution in [3.05, 3.63) is 29.8 Å². The third-order valence-corrected chi connectivity index (χ3v) is 4.00. The highest BCUT2D eigenvalue weighted by Gasteiger charge is 2.25. The maximum atomic E-state index is 12.4. The predicted molar refractivity (Wildman–Crippen MR) is 84.4 cm³/mol. The minimum Gasteiger partial charge on any atom is -0.465 e. The number of hydrogen-bond acceptors (Lipinski definition) is 3. The van der Waals surface area contributed by atoms with Gasteiger partial charge in [0, 0.05) is 13.5 Å². The first-order valence-corrected chi connectivity index (χ1v) is 7.12. The molecular formula is C17H25NO3. The molecule has 1 unspecified atom stereocenters. The normalized spacial score (nSPS) is 12.7. The third kappa shape index (κ3) is 4.31. The van der Waals surface area contributed by atoms with E-state index in [1.165, 1.54) is 12.0 Å². The van der Waals surface area contributed by atoms with Crippen molar-refractivity contribution in [2.24, 2.45) is 11.3 Å². The van der Waals surface area contributed by atoms with Gasteiger partial charge in [-0.15, -0.1) is 0 Å². The number of carbonyl (C=O) groups excluding carboxylic acids is 2. The minimum atomic E-state index is -0.436. The number of ether oxygens (including phenoxy) is 1. The second-order valence-electron chi connectivity index (χ2n) is 6.43. The molecule has 116 valence electrons. The van der Waals surface area contributed by atoms with E-state index in [2.05, 4.69) is 27.7 Å². The zero-order valence-electron chi connectivity index (χ0n) is 13.8. The van der Waals surface area contributed by atoms with Crippen LogP contribution >= 0.6 is 0 Å². The topological polar surface area (TPSA) is 46.6 Å². The van der Waals surface area contributed by atoms with Crippen molar-refractivity contribution in [1.82, 2.24) is 0 Å². The average molecular weight is 291 g/mol. The van der Waals surface area contributed by atoms with Gasteiger partial charge in [0.05, 0.1) is 18.4 Å². The fourth-order valence-electron chi connectivity index (χ4n) is 1.89. The fourth-order valence-corrected chi connectivity index (χ4v) is 1.89. The molecule has 1 atom stereocenters. The standard InChI is InChI=1S/C17H25NO3/c1-12(17(2,3)4)11-15(19)18(5)14-10-8-7-9-13(14)16(20)21-6/h7-10,12H,11H2,1-6H3. The molecule has 0 radical (unpaired) electrons. The summed E-state index contributed by atoms with van der Waals surface area (Å²) in [7, 11) is 3.03. The van der Waals surface area contributed by atoms with Gasteiger partial charge in [-0.25, -0.2) is 4.79 Å². The first-order valence-electron chi connectivity index (χ1n) is 7.12. The molecule has 0 bridgehead atoms. The van der Waals surface area contributed by atoms with Crippen LogP contribution in [0.4, 0.5) is 5.69 Å². The van der Waals surface area contributed by atoms with E-state index in [4.69, 9.17) is 4.74 Å². The zero-order chi connectivity index (χ0) is 16.2. The van der Waals surface area contributed by atoms with Crippen molar-refractivity contribution in [2.75, 3.05) is 19.1 Å². The Labute approximate surface area is 127 Å². The summed E-state index contributed by atoms with van der Waals surface area (Å²) in [6.07, 6.45) is 0.440. The Morgan fingerprint density at radius 1 is 1.24 bits per heavy atom. The molecule has 1 aromatic carbocycles. The Balaban J connectivity index is 2.96. The number of rotatable bonds is 4. The van der Waals surface area contributed by atoms with E-state index >= 15 is 0 Å². The molecule has 0 spiro atoms. The van der Waals surface area contributed by atoms with Gasteiger partial charge in [0.1, 0.15) is 0 Å². The molecular weight excluding hydrogens is 266 g/mol. The van der Waals surface area contributed by atoms with Crippen LogP contribution in [0.2, 0.25) is 0 Å². The lowest BCUT2D eigenvalue weighted by atomic mass is 9.80. The van der Waals surface area contributed by atoms with Crippen molar-refractivity contribution < 1.29 is 14.3 Å². The SMILES string of the molecule is COC(=O)c1ccccc1N(C)C(=O)CC(C)C(C)(C)C.